The molecule has 1 rings (SSSR count). The highest BCUT2D eigenvalue weighted by molar-refractivity contribution is 4.85. The van der Waals surface area contributed by atoms with Crippen LogP contribution in [0.3, 0.4) is 0 Å². The fourth-order valence-electron chi connectivity index (χ4n) is 1.92. The van der Waals surface area contributed by atoms with Crippen molar-refractivity contribution in [1.29, 1.82) is 0 Å². The van der Waals surface area contributed by atoms with E-state index >= 15 is 0 Å². The first kappa shape index (κ1) is 12.0. The second kappa shape index (κ2) is 6.38. The van der Waals surface area contributed by atoms with Crippen LogP contribution in [0.5, 0.6) is 0 Å². The molecule has 3 heteroatoms. The van der Waals surface area contributed by atoms with Gasteiger partial charge in [0.15, 0.2) is 0 Å². The Labute approximate surface area is 87.4 Å². The second-order valence-electron chi connectivity index (χ2n) is 4.43. The zero-order valence-corrected chi connectivity index (χ0v) is 9.46. The number of hydrogen-bond donors (Lipinski definition) is 2. The zero-order chi connectivity index (χ0) is 10.4. The van der Waals surface area contributed by atoms with E-state index in [1.165, 1.54) is 19.3 Å². The third kappa shape index (κ3) is 4.40. The van der Waals surface area contributed by atoms with E-state index in [9.17, 15) is 0 Å². The summed E-state index contributed by atoms with van der Waals surface area (Å²) < 4.78 is 5.46. The minimum atomic E-state index is 0.351. The van der Waals surface area contributed by atoms with Gasteiger partial charge in [-0.05, 0) is 39.7 Å². The molecule has 1 aliphatic carbocycles. The van der Waals surface area contributed by atoms with E-state index in [4.69, 9.17) is 10.5 Å². The van der Waals surface area contributed by atoms with Crippen molar-refractivity contribution < 1.29 is 4.74 Å². The first-order valence-corrected chi connectivity index (χ1v) is 5.80. The summed E-state index contributed by atoms with van der Waals surface area (Å²) in [7, 11) is 0. The zero-order valence-electron chi connectivity index (χ0n) is 9.46. The molecule has 0 bridgehead atoms. The largest absolute Gasteiger partial charge is 0.379 e. The summed E-state index contributed by atoms with van der Waals surface area (Å²) in [5.41, 5.74) is 5.95. The van der Waals surface area contributed by atoms with E-state index in [0.717, 1.165) is 19.6 Å². The summed E-state index contributed by atoms with van der Waals surface area (Å²) in [6, 6.07) is 0.926. The van der Waals surface area contributed by atoms with Crippen molar-refractivity contribution in [3.8, 4) is 0 Å². The van der Waals surface area contributed by atoms with E-state index in [1.54, 1.807) is 0 Å². The maximum Gasteiger partial charge on any atom is 0.0518 e. The predicted molar refractivity (Wildman–Crippen MR) is 59.3 cm³/mol. The summed E-state index contributed by atoms with van der Waals surface area (Å²) >= 11 is 0. The van der Waals surface area contributed by atoms with Crippen molar-refractivity contribution >= 4 is 0 Å². The number of nitrogens with one attached hydrogen (secondary N) is 1. The standard InChI is InChI=1S/C11H24N2O/c1-9(2)14-8-4-7-13-11-6-3-5-10(11)12/h9-11,13H,3-8,12H2,1-2H3/t10-,11+/m0/s1. The van der Waals surface area contributed by atoms with Crippen LogP contribution >= 0.6 is 0 Å². The van der Waals surface area contributed by atoms with Crippen LogP contribution in [0.4, 0.5) is 0 Å². The number of nitrogens with two attached hydrogens (primary N) is 1. The SMILES string of the molecule is CC(C)OCCCN[C@@H]1CCC[C@@H]1N. The molecule has 0 heterocycles. The number of rotatable bonds is 6. The van der Waals surface area contributed by atoms with Crippen molar-refractivity contribution in [2.75, 3.05) is 13.2 Å². The molecular formula is C11H24N2O. The van der Waals surface area contributed by atoms with Gasteiger partial charge in [0.05, 0.1) is 6.10 Å². The lowest BCUT2D eigenvalue weighted by atomic mass is 10.2. The first-order valence-electron chi connectivity index (χ1n) is 5.80. The normalized spacial score (nSPS) is 27.4. The molecule has 1 fully saturated rings. The monoisotopic (exact) mass is 200 g/mol. The molecule has 0 aliphatic heterocycles. The third-order valence-electron chi connectivity index (χ3n) is 2.75. The molecule has 0 unspecified atom stereocenters. The van der Waals surface area contributed by atoms with Crippen molar-refractivity contribution in [2.24, 2.45) is 5.73 Å². The molecule has 1 saturated carbocycles. The van der Waals surface area contributed by atoms with Gasteiger partial charge in [-0.3, -0.25) is 0 Å². The van der Waals surface area contributed by atoms with Crippen LogP contribution in [-0.2, 0) is 4.74 Å². The van der Waals surface area contributed by atoms with Crippen LogP contribution in [0.2, 0.25) is 0 Å². The molecule has 3 N–H and O–H groups in total. The van der Waals surface area contributed by atoms with Gasteiger partial charge in [0, 0.05) is 18.7 Å². The summed E-state index contributed by atoms with van der Waals surface area (Å²) in [4.78, 5) is 0. The Morgan fingerprint density at radius 1 is 1.43 bits per heavy atom. The van der Waals surface area contributed by atoms with E-state index in [2.05, 4.69) is 19.2 Å². The van der Waals surface area contributed by atoms with E-state index in [1.807, 2.05) is 0 Å². The third-order valence-corrected chi connectivity index (χ3v) is 2.75. The topological polar surface area (TPSA) is 47.3 Å². The first-order chi connectivity index (χ1) is 6.70. The van der Waals surface area contributed by atoms with Crippen LogP contribution in [0.1, 0.15) is 39.5 Å². The molecule has 84 valence electrons. The van der Waals surface area contributed by atoms with Gasteiger partial charge in [0.25, 0.3) is 0 Å². The Kier molecular flexibility index (Phi) is 5.45. The lowest BCUT2D eigenvalue weighted by Crippen LogP contribution is -2.41. The van der Waals surface area contributed by atoms with Crippen LogP contribution in [0.15, 0.2) is 0 Å². The van der Waals surface area contributed by atoms with Crippen molar-refractivity contribution in [2.45, 2.75) is 57.7 Å². The second-order valence-corrected chi connectivity index (χ2v) is 4.43. The van der Waals surface area contributed by atoms with Crippen LogP contribution < -0.4 is 11.1 Å². The van der Waals surface area contributed by atoms with E-state index < -0.39 is 0 Å². The van der Waals surface area contributed by atoms with Crippen LogP contribution in [0.25, 0.3) is 0 Å². The molecule has 0 aromatic heterocycles. The fourth-order valence-corrected chi connectivity index (χ4v) is 1.92. The summed E-state index contributed by atoms with van der Waals surface area (Å²) in [5.74, 6) is 0. The molecule has 2 atom stereocenters. The van der Waals surface area contributed by atoms with Gasteiger partial charge in [-0.25, -0.2) is 0 Å². The molecule has 0 aromatic carbocycles. The van der Waals surface area contributed by atoms with Gasteiger partial charge in [-0.2, -0.15) is 0 Å². The van der Waals surface area contributed by atoms with Crippen molar-refractivity contribution in [3.05, 3.63) is 0 Å². The van der Waals surface area contributed by atoms with Gasteiger partial charge >= 0.3 is 0 Å². The fraction of sp³-hybridized carbons (Fsp3) is 1.00. The van der Waals surface area contributed by atoms with Gasteiger partial charge in [-0.1, -0.05) is 6.42 Å². The molecule has 0 amide bonds. The summed E-state index contributed by atoms with van der Waals surface area (Å²) in [5, 5.41) is 3.50. The quantitative estimate of drug-likeness (QED) is 0.635. The van der Waals surface area contributed by atoms with Gasteiger partial charge < -0.3 is 15.8 Å². The minimum absolute atomic E-state index is 0.351. The van der Waals surface area contributed by atoms with Gasteiger partial charge in [0.1, 0.15) is 0 Å². The Morgan fingerprint density at radius 2 is 2.21 bits per heavy atom. The summed E-state index contributed by atoms with van der Waals surface area (Å²) in [6.45, 7) is 6.03. The molecular weight excluding hydrogens is 176 g/mol. The predicted octanol–water partition coefficient (Wildman–Crippen LogP) is 1.27. The number of hydrogen-bond acceptors (Lipinski definition) is 3. The van der Waals surface area contributed by atoms with Crippen molar-refractivity contribution in [3.63, 3.8) is 0 Å². The maximum absolute atomic E-state index is 5.95. The average Bonchev–Trinajstić information content (AvgIpc) is 2.51. The molecule has 14 heavy (non-hydrogen) atoms. The average molecular weight is 200 g/mol. The highest BCUT2D eigenvalue weighted by Gasteiger charge is 2.22. The molecule has 3 nitrogen and oxygen atoms in total. The van der Waals surface area contributed by atoms with Gasteiger partial charge in [-0.15, -0.1) is 0 Å². The number of ether oxygens (including phenoxy) is 1. The summed E-state index contributed by atoms with van der Waals surface area (Å²) in [6.07, 6.45) is 5.14. The van der Waals surface area contributed by atoms with Crippen LogP contribution in [-0.4, -0.2) is 31.3 Å². The van der Waals surface area contributed by atoms with E-state index in [-0.39, 0.29) is 0 Å². The van der Waals surface area contributed by atoms with Gasteiger partial charge in [0.2, 0.25) is 0 Å². The van der Waals surface area contributed by atoms with Crippen LogP contribution in [0, 0.1) is 0 Å². The Hall–Kier alpha value is -0.120. The Balaban J connectivity index is 1.93. The van der Waals surface area contributed by atoms with Crippen molar-refractivity contribution in [1.82, 2.24) is 5.32 Å². The lowest BCUT2D eigenvalue weighted by Gasteiger charge is -2.17. The minimum Gasteiger partial charge on any atom is -0.379 e. The molecule has 0 spiro atoms. The molecule has 0 saturated heterocycles. The Morgan fingerprint density at radius 3 is 2.79 bits per heavy atom. The highest BCUT2D eigenvalue weighted by atomic mass is 16.5. The smallest absolute Gasteiger partial charge is 0.0518 e. The molecule has 0 radical (unpaired) electrons. The molecule has 0 aromatic rings. The highest BCUT2D eigenvalue weighted by Crippen LogP contribution is 2.16. The maximum atomic E-state index is 5.95. The Bertz CT molecular complexity index is 150. The lowest BCUT2D eigenvalue weighted by molar-refractivity contribution is 0.0766. The molecule has 1 aliphatic rings. The van der Waals surface area contributed by atoms with E-state index in [0.29, 0.717) is 18.2 Å².